The van der Waals surface area contributed by atoms with Crippen molar-refractivity contribution in [3.05, 3.63) is 34.1 Å². The van der Waals surface area contributed by atoms with Crippen molar-refractivity contribution >= 4 is 21.7 Å². The molecule has 1 aromatic rings. The zero-order valence-corrected chi connectivity index (χ0v) is 12.4. The summed E-state index contributed by atoms with van der Waals surface area (Å²) in [4.78, 5) is 11.7. The van der Waals surface area contributed by atoms with Crippen LogP contribution in [0.3, 0.4) is 0 Å². The van der Waals surface area contributed by atoms with Gasteiger partial charge in [0.05, 0.1) is 0 Å². The highest BCUT2D eigenvalue weighted by molar-refractivity contribution is 9.10. The molecule has 1 nitrogen and oxygen atoms in total. The molecule has 18 heavy (non-hydrogen) atoms. The van der Waals surface area contributed by atoms with E-state index in [0.29, 0.717) is 16.5 Å². The standard InChI is InChI=1S/C15H20BrFO/c1-2-3-4-5-6-7-14(18)10-12-8-9-13(16)11-15(12)17/h8-9,11H,2-7,10H2,1H3. The lowest BCUT2D eigenvalue weighted by Gasteiger charge is -2.03. The molecule has 1 aromatic carbocycles. The van der Waals surface area contributed by atoms with Crippen molar-refractivity contribution in [1.29, 1.82) is 0 Å². The van der Waals surface area contributed by atoms with Gasteiger partial charge in [-0.15, -0.1) is 0 Å². The van der Waals surface area contributed by atoms with Gasteiger partial charge in [0, 0.05) is 17.3 Å². The second-order valence-corrected chi connectivity index (χ2v) is 5.53. The van der Waals surface area contributed by atoms with Crippen molar-refractivity contribution < 1.29 is 9.18 Å². The number of unbranched alkanes of at least 4 members (excludes halogenated alkanes) is 4. The summed E-state index contributed by atoms with van der Waals surface area (Å²) in [7, 11) is 0. The Labute approximate surface area is 117 Å². The highest BCUT2D eigenvalue weighted by Gasteiger charge is 2.08. The summed E-state index contributed by atoms with van der Waals surface area (Å²) in [5.74, 6) is -0.170. The van der Waals surface area contributed by atoms with Crippen LogP contribution in [0, 0.1) is 5.82 Å². The lowest BCUT2D eigenvalue weighted by molar-refractivity contribution is -0.118. The molecule has 0 aliphatic carbocycles. The molecule has 0 saturated carbocycles. The van der Waals surface area contributed by atoms with Crippen molar-refractivity contribution in [3.8, 4) is 0 Å². The average molecular weight is 315 g/mol. The molecule has 0 N–H and O–H groups in total. The van der Waals surface area contributed by atoms with Gasteiger partial charge >= 0.3 is 0 Å². The Morgan fingerprint density at radius 2 is 1.94 bits per heavy atom. The van der Waals surface area contributed by atoms with Gasteiger partial charge in [0.1, 0.15) is 11.6 Å². The number of carbonyl (C=O) groups excluding carboxylic acids is 1. The molecule has 0 bridgehead atoms. The Morgan fingerprint density at radius 1 is 1.22 bits per heavy atom. The number of rotatable bonds is 8. The van der Waals surface area contributed by atoms with Gasteiger partial charge in [-0.2, -0.15) is 0 Å². The van der Waals surface area contributed by atoms with Crippen molar-refractivity contribution in [2.24, 2.45) is 0 Å². The molecule has 0 fully saturated rings. The molecule has 0 heterocycles. The van der Waals surface area contributed by atoms with E-state index in [-0.39, 0.29) is 18.0 Å². The maximum Gasteiger partial charge on any atom is 0.137 e. The number of ketones is 1. The molecular weight excluding hydrogens is 295 g/mol. The number of hydrogen-bond donors (Lipinski definition) is 0. The van der Waals surface area contributed by atoms with Crippen LogP contribution < -0.4 is 0 Å². The fourth-order valence-corrected chi connectivity index (χ4v) is 2.22. The first-order valence-electron chi connectivity index (χ1n) is 6.59. The zero-order chi connectivity index (χ0) is 13.4. The maximum atomic E-state index is 13.5. The van der Waals surface area contributed by atoms with Crippen LogP contribution in [0.2, 0.25) is 0 Å². The molecule has 0 unspecified atom stereocenters. The minimum Gasteiger partial charge on any atom is -0.299 e. The third kappa shape index (κ3) is 5.76. The monoisotopic (exact) mass is 314 g/mol. The fourth-order valence-electron chi connectivity index (χ4n) is 1.89. The second kappa shape index (κ2) is 8.41. The van der Waals surface area contributed by atoms with E-state index in [9.17, 15) is 9.18 Å². The van der Waals surface area contributed by atoms with E-state index in [1.165, 1.54) is 25.3 Å². The maximum absolute atomic E-state index is 13.5. The normalized spacial score (nSPS) is 10.6. The molecule has 3 heteroatoms. The number of hydrogen-bond acceptors (Lipinski definition) is 1. The smallest absolute Gasteiger partial charge is 0.137 e. The van der Waals surface area contributed by atoms with Gasteiger partial charge in [-0.05, 0) is 24.1 Å². The molecule has 0 aliphatic heterocycles. The SMILES string of the molecule is CCCCCCCC(=O)Cc1ccc(Br)cc1F. The third-order valence-corrected chi connectivity index (χ3v) is 3.46. The van der Waals surface area contributed by atoms with Crippen LogP contribution in [-0.4, -0.2) is 5.78 Å². The summed E-state index contributed by atoms with van der Waals surface area (Å²) in [6.07, 6.45) is 6.44. The Bertz CT molecular complexity index is 390. The van der Waals surface area contributed by atoms with Crippen LogP contribution in [0.15, 0.2) is 22.7 Å². The predicted molar refractivity (Wildman–Crippen MR) is 76.2 cm³/mol. The van der Waals surface area contributed by atoms with E-state index >= 15 is 0 Å². The molecule has 0 aromatic heterocycles. The third-order valence-electron chi connectivity index (χ3n) is 2.96. The van der Waals surface area contributed by atoms with Gasteiger partial charge in [0.15, 0.2) is 0 Å². The molecule has 0 saturated heterocycles. The van der Waals surface area contributed by atoms with E-state index in [1.54, 1.807) is 12.1 Å². The summed E-state index contributed by atoms with van der Waals surface area (Å²) in [5.41, 5.74) is 0.497. The minimum atomic E-state index is -0.302. The van der Waals surface area contributed by atoms with Crippen LogP contribution in [-0.2, 0) is 11.2 Å². The van der Waals surface area contributed by atoms with Gasteiger partial charge in [-0.1, -0.05) is 54.6 Å². The van der Waals surface area contributed by atoms with E-state index in [4.69, 9.17) is 0 Å². The molecule has 100 valence electrons. The van der Waals surface area contributed by atoms with E-state index in [2.05, 4.69) is 22.9 Å². The van der Waals surface area contributed by atoms with Gasteiger partial charge in [-0.3, -0.25) is 4.79 Å². The number of halogens is 2. The van der Waals surface area contributed by atoms with Crippen molar-refractivity contribution in [2.45, 2.75) is 51.9 Å². The summed E-state index contributed by atoms with van der Waals surface area (Å²) in [5, 5.41) is 0. The summed E-state index contributed by atoms with van der Waals surface area (Å²) in [6, 6.07) is 4.85. The zero-order valence-electron chi connectivity index (χ0n) is 10.8. The Morgan fingerprint density at radius 3 is 2.61 bits per heavy atom. The topological polar surface area (TPSA) is 17.1 Å². The summed E-state index contributed by atoms with van der Waals surface area (Å²) >= 11 is 3.20. The quantitative estimate of drug-likeness (QED) is 0.613. The first kappa shape index (κ1) is 15.4. The Kier molecular flexibility index (Phi) is 7.18. The fraction of sp³-hybridized carbons (Fsp3) is 0.533. The lowest BCUT2D eigenvalue weighted by atomic mass is 10.0. The van der Waals surface area contributed by atoms with E-state index in [1.807, 2.05) is 0 Å². The predicted octanol–water partition coefficient (Wildman–Crippen LogP) is 5.06. The van der Waals surface area contributed by atoms with E-state index in [0.717, 1.165) is 12.8 Å². The summed E-state index contributed by atoms with van der Waals surface area (Å²) < 4.78 is 14.2. The van der Waals surface area contributed by atoms with E-state index < -0.39 is 0 Å². The van der Waals surface area contributed by atoms with Crippen molar-refractivity contribution in [3.63, 3.8) is 0 Å². The van der Waals surface area contributed by atoms with Gasteiger partial charge in [-0.25, -0.2) is 4.39 Å². The lowest BCUT2D eigenvalue weighted by Crippen LogP contribution is -2.04. The molecule has 0 radical (unpaired) electrons. The highest BCUT2D eigenvalue weighted by Crippen LogP contribution is 2.16. The largest absolute Gasteiger partial charge is 0.299 e. The number of benzene rings is 1. The van der Waals surface area contributed by atoms with Crippen LogP contribution in [0.1, 0.15) is 51.0 Å². The Balaban J connectivity index is 2.31. The van der Waals surface area contributed by atoms with Crippen molar-refractivity contribution in [2.75, 3.05) is 0 Å². The number of Topliss-reactive ketones (excluding diaryl/α,β-unsaturated/α-hetero) is 1. The molecule has 0 atom stereocenters. The first-order chi connectivity index (χ1) is 8.63. The van der Waals surface area contributed by atoms with Gasteiger partial charge < -0.3 is 0 Å². The number of carbonyl (C=O) groups is 1. The first-order valence-corrected chi connectivity index (χ1v) is 7.38. The molecular formula is C15H20BrFO. The average Bonchev–Trinajstić information content (AvgIpc) is 2.32. The van der Waals surface area contributed by atoms with Crippen LogP contribution >= 0.6 is 15.9 Å². The van der Waals surface area contributed by atoms with Crippen LogP contribution in [0.25, 0.3) is 0 Å². The molecule has 0 spiro atoms. The van der Waals surface area contributed by atoms with Gasteiger partial charge in [0.25, 0.3) is 0 Å². The molecule has 0 amide bonds. The molecule has 0 aliphatic rings. The van der Waals surface area contributed by atoms with Crippen LogP contribution in [0.5, 0.6) is 0 Å². The minimum absolute atomic E-state index is 0.132. The van der Waals surface area contributed by atoms with Gasteiger partial charge in [0.2, 0.25) is 0 Å². The van der Waals surface area contributed by atoms with Crippen molar-refractivity contribution in [1.82, 2.24) is 0 Å². The second-order valence-electron chi connectivity index (χ2n) is 4.62. The molecule has 1 rings (SSSR count). The summed E-state index contributed by atoms with van der Waals surface area (Å²) in [6.45, 7) is 2.17. The highest BCUT2D eigenvalue weighted by atomic mass is 79.9. The Hall–Kier alpha value is -0.700. The van der Waals surface area contributed by atoms with Crippen LogP contribution in [0.4, 0.5) is 4.39 Å².